The number of hydrogen-bond donors (Lipinski definition) is 1. The van der Waals surface area contributed by atoms with Gasteiger partial charge in [-0.25, -0.2) is 0 Å². The van der Waals surface area contributed by atoms with Crippen molar-refractivity contribution in [1.29, 1.82) is 0 Å². The monoisotopic (exact) mass is 261 g/mol. The quantitative estimate of drug-likeness (QED) is 0.676. The fourth-order valence-corrected chi connectivity index (χ4v) is 2.27. The Hall–Kier alpha value is -1.12. The van der Waals surface area contributed by atoms with Crippen molar-refractivity contribution in [3.63, 3.8) is 0 Å². The van der Waals surface area contributed by atoms with E-state index in [0.717, 1.165) is 25.8 Å². The van der Waals surface area contributed by atoms with Gasteiger partial charge < -0.3 is 10.1 Å². The highest BCUT2D eigenvalue weighted by atomic mass is 16.5. The van der Waals surface area contributed by atoms with Crippen LogP contribution in [0.15, 0.2) is 42.5 Å². The lowest BCUT2D eigenvalue weighted by Crippen LogP contribution is -2.36. The van der Waals surface area contributed by atoms with E-state index in [-0.39, 0.29) is 6.10 Å². The Balaban J connectivity index is 2.76. The van der Waals surface area contributed by atoms with Gasteiger partial charge in [0.2, 0.25) is 0 Å². The molecule has 19 heavy (non-hydrogen) atoms. The van der Waals surface area contributed by atoms with Gasteiger partial charge in [0, 0.05) is 13.2 Å². The summed E-state index contributed by atoms with van der Waals surface area (Å²) in [5.41, 5.74) is 2.46. The summed E-state index contributed by atoms with van der Waals surface area (Å²) in [4.78, 5) is 0. The Kier molecular flexibility index (Phi) is 7.46. The number of hydrogen-bond acceptors (Lipinski definition) is 2. The van der Waals surface area contributed by atoms with E-state index in [1.54, 1.807) is 7.11 Å². The molecule has 0 aliphatic heterocycles. The highest BCUT2D eigenvalue weighted by Crippen LogP contribution is 2.24. The molecule has 1 aromatic rings. The fraction of sp³-hybridized carbons (Fsp3) is 0.529. The third kappa shape index (κ3) is 5.58. The number of rotatable bonds is 9. The first-order valence-corrected chi connectivity index (χ1v) is 7.14. The molecule has 1 rings (SSSR count). The van der Waals surface area contributed by atoms with Crippen molar-refractivity contribution < 1.29 is 4.74 Å². The largest absolute Gasteiger partial charge is 0.375 e. The van der Waals surface area contributed by atoms with Crippen LogP contribution in [0.3, 0.4) is 0 Å². The molecule has 2 unspecified atom stereocenters. The van der Waals surface area contributed by atoms with Crippen molar-refractivity contribution >= 4 is 0 Å². The molecule has 1 aromatic carbocycles. The molecule has 2 atom stereocenters. The third-order valence-electron chi connectivity index (χ3n) is 3.29. The second kappa shape index (κ2) is 8.89. The fourth-order valence-electron chi connectivity index (χ4n) is 2.27. The molecule has 0 spiro atoms. The molecule has 1 N–H and O–H groups in total. The van der Waals surface area contributed by atoms with Gasteiger partial charge in [0.25, 0.3) is 0 Å². The molecular weight excluding hydrogens is 234 g/mol. The zero-order valence-corrected chi connectivity index (χ0v) is 12.5. The Morgan fingerprint density at radius 1 is 1.32 bits per heavy atom. The van der Waals surface area contributed by atoms with Crippen LogP contribution in [-0.4, -0.2) is 19.7 Å². The van der Waals surface area contributed by atoms with Crippen molar-refractivity contribution in [1.82, 2.24) is 5.32 Å². The van der Waals surface area contributed by atoms with E-state index < -0.39 is 0 Å². The summed E-state index contributed by atoms with van der Waals surface area (Å²) in [5, 5.41) is 3.61. The Morgan fingerprint density at radius 3 is 2.53 bits per heavy atom. The van der Waals surface area contributed by atoms with E-state index in [9.17, 15) is 0 Å². The SMILES string of the molecule is C=C(C)CCC(NCCC)C(OC)c1ccccc1. The molecule has 2 nitrogen and oxygen atoms in total. The van der Waals surface area contributed by atoms with Crippen LogP contribution in [0.4, 0.5) is 0 Å². The maximum Gasteiger partial charge on any atom is 0.0974 e. The van der Waals surface area contributed by atoms with E-state index >= 15 is 0 Å². The van der Waals surface area contributed by atoms with Crippen LogP contribution in [0.2, 0.25) is 0 Å². The summed E-state index contributed by atoms with van der Waals surface area (Å²) in [7, 11) is 1.79. The number of allylic oxidation sites excluding steroid dienone is 1. The van der Waals surface area contributed by atoms with Crippen molar-refractivity contribution in [3.8, 4) is 0 Å². The second-order valence-corrected chi connectivity index (χ2v) is 5.12. The lowest BCUT2D eigenvalue weighted by atomic mass is 9.96. The number of nitrogens with one attached hydrogen (secondary N) is 1. The summed E-state index contributed by atoms with van der Waals surface area (Å²) in [6, 6.07) is 10.8. The summed E-state index contributed by atoms with van der Waals surface area (Å²) in [6.07, 6.45) is 3.33. The Bertz CT molecular complexity index is 361. The highest BCUT2D eigenvalue weighted by Gasteiger charge is 2.21. The average molecular weight is 261 g/mol. The van der Waals surface area contributed by atoms with E-state index in [1.165, 1.54) is 11.1 Å². The second-order valence-electron chi connectivity index (χ2n) is 5.12. The molecular formula is C17H27NO. The molecule has 0 saturated heterocycles. The molecule has 0 aliphatic carbocycles. The van der Waals surface area contributed by atoms with E-state index in [4.69, 9.17) is 4.74 Å². The first-order chi connectivity index (χ1) is 9.19. The van der Waals surface area contributed by atoms with E-state index in [1.807, 2.05) is 6.07 Å². The van der Waals surface area contributed by atoms with Crippen LogP contribution in [0, 0.1) is 0 Å². The summed E-state index contributed by atoms with van der Waals surface area (Å²) < 4.78 is 5.74. The van der Waals surface area contributed by atoms with Gasteiger partial charge in [0.15, 0.2) is 0 Å². The number of benzene rings is 1. The summed E-state index contributed by atoms with van der Waals surface area (Å²) >= 11 is 0. The van der Waals surface area contributed by atoms with Gasteiger partial charge >= 0.3 is 0 Å². The van der Waals surface area contributed by atoms with Crippen LogP contribution in [0.1, 0.15) is 44.8 Å². The van der Waals surface area contributed by atoms with Crippen molar-refractivity contribution in [2.45, 2.75) is 45.3 Å². The van der Waals surface area contributed by atoms with E-state index in [2.05, 4.69) is 50.0 Å². The molecule has 0 fully saturated rings. The molecule has 106 valence electrons. The molecule has 0 heterocycles. The molecule has 2 heteroatoms. The minimum Gasteiger partial charge on any atom is -0.375 e. The van der Waals surface area contributed by atoms with E-state index in [0.29, 0.717) is 6.04 Å². The third-order valence-corrected chi connectivity index (χ3v) is 3.29. The molecule has 0 bridgehead atoms. The van der Waals surface area contributed by atoms with Crippen molar-refractivity contribution in [2.75, 3.05) is 13.7 Å². The lowest BCUT2D eigenvalue weighted by molar-refractivity contribution is 0.0650. The predicted octanol–water partition coefficient (Wildman–Crippen LogP) is 4.10. The molecule has 0 saturated carbocycles. The van der Waals surface area contributed by atoms with Gasteiger partial charge in [0.05, 0.1) is 6.10 Å². The standard InChI is InChI=1S/C17H27NO/c1-5-13-18-16(12-11-14(2)3)17(19-4)15-9-7-6-8-10-15/h6-10,16-18H,2,5,11-13H2,1,3-4H3. The zero-order valence-electron chi connectivity index (χ0n) is 12.5. The molecule has 0 aliphatic rings. The normalized spacial score (nSPS) is 14.1. The van der Waals surface area contributed by atoms with Gasteiger partial charge in [-0.3, -0.25) is 0 Å². The Labute approximate surface area is 117 Å². The average Bonchev–Trinajstić information content (AvgIpc) is 2.43. The summed E-state index contributed by atoms with van der Waals surface area (Å²) in [5.74, 6) is 0. The van der Waals surface area contributed by atoms with Gasteiger partial charge in [-0.2, -0.15) is 0 Å². The number of methoxy groups -OCH3 is 1. The highest BCUT2D eigenvalue weighted by molar-refractivity contribution is 5.19. The van der Waals surface area contributed by atoms with Crippen LogP contribution >= 0.6 is 0 Å². The maximum atomic E-state index is 5.74. The van der Waals surface area contributed by atoms with Crippen LogP contribution in [0.25, 0.3) is 0 Å². The lowest BCUT2D eigenvalue weighted by Gasteiger charge is -2.27. The van der Waals surface area contributed by atoms with Gasteiger partial charge in [-0.15, -0.1) is 6.58 Å². The van der Waals surface area contributed by atoms with Gasteiger partial charge in [-0.05, 0) is 38.3 Å². The minimum absolute atomic E-state index is 0.104. The maximum absolute atomic E-state index is 5.74. The predicted molar refractivity (Wildman–Crippen MR) is 82.3 cm³/mol. The first-order valence-electron chi connectivity index (χ1n) is 7.14. The topological polar surface area (TPSA) is 21.3 Å². The summed E-state index contributed by atoms with van der Waals surface area (Å²) in [6.45, 7) is 9.29. The van der Waals surface area contributed by atoms with Crippen molar-refractivity contribution in [2.24, 2.45) is 0 Å². The number of ether oxygens (including phenoxy) is 1. The molecule has 0 amide bonds. The minimum atomic E-state index is 0.104. The van der Waals surface area contributed by atoms with Gasteiger partial charge in [-0.1, -0.05) is 42.8 Å². The molecule has 0 aromatic heterocycles. The zero-order chi connectivity index (χ0) is 14.1. The van der Waals surface area contributed by atoms with Crippen LogP contribution in [0.5, 0.6) is 0 Å². The molecule has 0 radical (unpaired) electrons. The van der Waals surface area contributed by atoms with Crippen molar-refractivity contribution in [3.05, 3.63) is 48.0 Å². The smallest absolute Gasteiger partial charge is 0.0974 e. The van der Waals surface area contributed by atoms with Gasteiger partial charge in [0.1, 0.15) is 0 Å². The Morgan fingerprint density at radius 2 is 2.00 bits per heavy atom. The van der Waals surface area contributed by atoms with Crippen LogP contribution in [-0.2, 0) is 4.74 Å². The first kappa shape index (κ1) is 15.9. The van der Waals surface area contributed by atoms with Crippen LogP contribution < -0.4 is 5.32 Å².